The van der Waals surface area contributed by atoms with E-state index >= 15 is 0 Å². The first-order chi connectivity index (χ1) is 7.75. The fraction of sp³-hybridized carbons (Fsp3) is 0.300. The van der Waals surface area contributed by atoms with E-state index in [9.17, 15) is 4.79 Å². The van der Waals surface area contributed by atoms with Crippen molar-refractivity contribution in [3.05, 3.63) is 35.9 Å². The monoisotopic (exact) mass is 219 g/mol. The number of amides is 1. The van der Waals surface area contributed by atoms with E-state index in [2.05, 4.69) is 25.7 Å². The molecular formula is C10H13N5O. The van der Waals surface area contributed by atoms with Crippen LogP contribution in [0.25, 0.3) is 0 Å². The van der Waals surface area contributed by atoms with Crippen LogP contribution < -0.4 is 5.32 Å². The predicted octanol–water partition coefficient (Wildman–Crippen LogP) is 0.553. The Kier molecular flexibility index (Phi) is 3.00. The summed E-state index contributed by atoms with van der Waals surface area (Å²) in [6.07, 6.45) is 5.40. The molecule has 0 aliphatic carbocycles. The summed E-state index contributed by atoms with van der Waals surface area (Å²) >= 11 is 0. The van der Waals surface area contributed by atoms with Gasteiger partial charge >= 0.3 is 0 Å². The number of nitrogens with zero attached hydrogens (tertiary/aromatic N) is 2. The molecule has 1 unspecified atom stereocenters. The minimum atomic E-state index is -0.0471. The first kappa shape index (κ1) is 10.4. The summed E-state index contributed by atoms with van der Waals surface area (Å²) in [5, 5.41) is 16.0. The van der Waals surface area contributed by atoms with Crippen LogP contribution in [0.15, 0.2) is 24.7 Å². The second-order valence-corrected chi connectivity index (χ2v) is 3.58. The molecule has 6 heteroatoms. The molecule has 2 aromatic heterocycles. The van der Waals surface area contributed by atoms with Gasteiger partial charge in [-0.25, -0.2) is 0 Å². The van der Waals surface area contributed by atoms with Crippen molar-refractivity contribution in [3.8, 4) is 0 Å². The van der Waals surface area contributed by atoms with Crippen molar-refractivity contribution in [2.24, 2.45) is 0 Å². The quantitative estimate of drug-likeness (QED) is 0.702. The van der Waals surface area contributed by atoms with Crippen LogP contribution >= 0.6 is 0 Å². The molecule has 0 aromatic carbocycles. The molecule has 0 radical (unpaired) electrons. The molecule has 0 bridgehead atoms. The van der Waals surface area contributed by atoms with E-state index in [1.807, 2.05) is 6.92 Å². The Morgan fingerprint density at radius 1 is 1.56 bits per heavy atom. The zero-order valence-electron chi connectivity index (χ0n) is 8.90. The second kappa shape index (κ2) is 4.61. The van der Waals surface area contributed by atoms with Crippen LogP contribution in [0.4, 0.5) is 0 Å². The third kappa shape index (κ3) is 2.47. The molecule has 3 N–H and O–H groups in total. The van der Waals surface area contributed by atoms with E-state index < -0.39 is 0 Å². The number of aromatic amines is 2. The SMILES string of the molecule is CC(NC(=O)Cc1ccn[nH]1)c1cn[nH]c1. The minimum Gasteiger partial charge on any atom is -0.349 e. The normalized spacial score (nSPS) is 12.3. The molecule has 0 fully saturated rings. The highest BCUT2D eigenvalue weighted by Gasteiger charge is 2.11. The third-order valence-corrected chi connectivity index (χ3v) is 2.31. The standard InChI is InChI=1S/C10H13N5O/c1-7(8-5-12-13-6-8)14-10(16)4-9-2-3-11-15-9/h2-3,5-7H,4H2,1H3,(H,11,15)(H,12,13)(H,14,16). The summed E-state index contributed by atoms with van der Waals surface area (Å²) in [6, 6.07) is 1.73. The van der Waals surface area contributed by atoms with Gasteiger partial charge in [-0.1, -0.05) is 0 Å². The highest BCUT2D eigenvalue weighted by Crippen LogP contribution is 2.09. The van der Waals surface area contributed by atoms with Crippen LogP contribution in [0.3, 0.4) is 0 Å². The van der Waals surface area contributed by atoms with Gasteiger partial charge in [-0.3, -0.25) is 15.0 Å². The second-order valence-electron chi connectivity index (χ2n) is 3.58. The first-order valence-corrected chi connectivity index (χ1v) is 5.02. The maximum atomic E-state index is 11.6. The molecule has 16 heavy (non-hydrogen) atoms. The molecule has 2 aromatic rings. The summed E-state index contributed by atoms with van der Waals surface area (Å²) in [7, 11) is 0. The van der Waals surface area contributed by atoms with Gasteiger partial charge in [-0.2, -0.15) is 10.2 Å². The number of carbonyl (C=O) groups excluding carboxylic acids is 1. The van der Waals surface area contributed by atoms with Crippen molar-refractivity contribution < 1.29 is 4.79 Å². The van der Waals surface area contributed by atoms with E-state index in [0.29, 0.717) is 6.42 Å². The van der Waals surface area contributed by atoms with Crippen LogP contribution in [0.5, 0.6) is 0 Å². The van der Waals surface area contributed by atoms with Crippen molar-refractivity contribution in [1.82, 2.24) is 25.7 Å². The van der Waals surface area contributed by atoms with Crippen molar-refractivity contribution in [1.29, 1.82) is 0 Å². The van der Waals surface area contributed by atoms with Gasteiger partial charge in [0.2, 0.25) is 5.91 Å². The molecule has 2 rings (SSSR count). The zero-order chi connectivity index (χ0) is 11.4. The lowest BCUT2D eigenvalue weighted by Crippen LogP contribution is -2.28. The van der Waals surface area contributed by atoms with Crippen molar-refractivity contribution in [2.45, 2.75) is 19.4 Å². The predicted molar refractivity (Wildman–Crippen MR) is 57.4 cm³/mol. The highest BCUT2D eigenvalue weighted by atomic mass is 16.1. The van der Waals surface area contributed by atoms with Gasteiger partial charge in [0.25, 0.3) is 0 Å². The highest BCUT2D eigenvalue weighted by molar-refractivity contribution is 5.78. The van der Waals surface area contributed by atoms with Crippen molar-refractivity contribution in [2.75, 3.05) is 0 Å². The molecule has 0 saturated carbocycles. The summed E-state index contributed by atoms with van der Waals surface area (Å²) < 4.78 is 0. The van der Waals surface area contributed by atoms with Gasteiger partial charge in [0.15, 0.2) is 0 Å². The van der Waals surface area contributed by atoms with Crippen LogP contribution in [-0.4, -0.2) is 26.3 Å². The summed E-state index contributed by atoms with van der Waals surface area (Å²) in [4.78, 5) is 11.6. The average Bonchev–Trinajstić information content (AvgIpc) is 2.88. The fourth-order valence-corrected chi connectivity index (χ4v) is 1.43. The smallest absolute Gasteiger partial charge is 0.226 e. The number of carbonyl (C=O) groups is 1. The molecule has 0 saturated heterocycles. The van der Waals surface area contributed by atoms with Crippen LogP contribution in [0.2, 0.25) is 0 Å². The number of aromatic nitrogens is 4. The molecule has 2 heterocycles. The fourth-order valence-electron chi connectivity index (χ4n) is 1.43. The molecule has 1 atom stereocenters. The Bertz CT molecular complexity index is 434. The molecule has 1 amide bonds. The number of hydrogen-bond donors (Lipinski definition) is 3. The Balaban J connectivity index is 1.88. The lowest BCUT2D eigenvalue weighted by atomic mass is 10.2. The van der Waals surface area contributed by atoms with Gasteiger partial charge in [0.05, 0.1) is 18.7 Å². The molecule has 6 nitrogen and oxygen atoms in total. The van der Waals surface area contributed by atoms with E-state index in [1.54, 1.807) is 24.7 Å². The summed E-state index contributed by atoms with van der Waals surface area (Å²) in [6.45, 7) is 1.91. The van der Waals surface area contributed by atoms with Crippen molar-refractivity contribution >= 4 is 5.91 Å². The Morgan fingerprint density at radius 2 is 2.44 bits per heavy atom. The van der Waals surface area contributed by atoms with Crippen molar-refractivity contribution in [3.63, 3.8) is 0 Å². The van der Waals surface area contributed by atoms with Crippen LogP contribution in [0.1, 0.15) is 24.2 Å². The molecule has 84 valence electrons. The van der Waals surface area contributed by atoms with Gasteiger partial charge < -0.3 is 5.32 Å². The Morgan fingerprint density at radius 3 is 3.06 bits per heavy atom. The molecule has 0 aliphatic rings. The first-order valence-electron chi connectivity index (χ1n) is 5.02. The summed E-state index contributed by atoms with van der Waals surface area (Å²) in [5.74, 6) is -0.0436. The van der Waals surface area contributed by atoms with E-state index in [4.69, 9.17) is 0 Å². The van der Waals surface area contributed by atoms with Gasteiger partial charge in [0.1, 0.15) is 0 Å². The summed E-state index contributed by atoms with van der Waals surface area (Å²) in [5.41, 5.74) is 1.76. The van der Waals surface area contributed by atoms with Gasteiger partial charge in [0, 0.05) is 23.7 Å². The maximum Gasteiger partial charge on any atom is 0.226 e. The van der Waals surface area contributed by atoms with Gasteiger partial charge in [-0.05, 0) is 13.0 Å². The Labute approximate surface area is 92.5 Å². The number of hydrogen-bond acceptors (Lipinski definition) is 3. The molecule has 0 spiro atoms. The van der Waals surface area contributed by atoms with Gasteiger partial charge in [-0.15, -0.1) is 0 Å². The molecule has 0 aliphatic heterocycles. The zero-order valence-corrected chi connectivity index (χ0v) is 8.90. The number of H-pyrrole nitrogens is 2. The molecular weight excluding hydrogens is 206 g/mol. The largest absolute Gasteiger partial charge is 0.349 e. The number of nitrogens with one attached hydrogen (secondary N) is 3. The lowest BCUT2D eigenvalue weighted by Gasteiger charge is -2.11. The van der Waals surface area contributed by atoms with E-state index in [-0.39, 0.29) is 11.9 Å². The van der Waals surface area contributed by atoms with Crippen LogP contribution in [0, 0.1) is 0 Å². The Hall–Kier alpha value is -2.11. The minimum absolute atomic E-state index is 0.0436. The average molecular weight is 219 g/mol. The third-order valence-electron chi connectivity index (χ3n) is 2.31. The number of rotatable bonds is 4. The van der Waals surface area contributed by atoms with E-state index in [1.165, 1.54) is 0 Å². The lowest BCUT2D eigenvalue weighted by molar-refractivity contribution is -0.121. The van der Waals surface area contributed by atoms with E-state index in [0.717, 1.165) is 11.3 Å². The topological polar surface area (TPSA) is 86.5 Å². The van der Waals surface area contributed by atoms with Crippen LogP contribution in [-0.2, 0) is 11.2 Å². The maximum absolute atomic E-state index is 11.6.